The van der Waals surface area contributed by atoms with E-state index in [4.69, 9.17) is 5.73 Å². The summed E-state index contributed by atoms with van der Waals surface area (Å²) < 4.78 is 0. The molecular weight excluding hydrogens is 222 g/mol. The Balaban J connectivity index is 2.32. The van der Waals surface area contributed by atoms with Crippen LogP contribution >= 0.6 is 0 Å². The van der Waals surface area contributed by atoms with Gasteiger partial charge >= 0.3 is 0 Å². The number of guanidine groups is 1. The van der Waals surface area contributed by atoms with Gasteiger partial charge in [0, 0.05) is 6.04 Å². The van der Waals surface area contributed by atoms with Gasteiger partial charge in [-0.1, -0.05) is 33.6 Å². The first-order chi connectivity index (χ1) is 8.53. The van der Waals surface area contributed by atoms with Gasteiger partial charge in [0.25, 0.3) is 0 Å². The van der Waals surface area contributed by atoms with Crippen LogP contribution in [0, 0.1) is 11.8 Å². The average molecular weight is 251 g/mol. The summed E-state index contributed by atoms with van der Waals surface area (Å²) in [5.74, 6) is 2.25. The average Bonchev–Trinajstić information content (AvgIpc) is 2.66. The molecule has 1 aliphatic heterocycles. The third-order valence-corrected chi connectivity index (χ3v) is 5.14. The van der Waals surface area contributed by atoms with Crippen molar-refractivity contribution in [1.29, 1.82) is 0 Å². The number of nitrogens with zero attached hydrogens (tertiary/aromatic N) is 2. The first-order valence-electron chi connectivity index (χ1n) is 7.62. The van der Waals surface area contributed by atoms with E-state index in [1.54, 1.807) is 0 Å². The van der Waals surface area contributed by atoms with Gasteiger partial charge in [-0.05, 0) is 38.0 Å². The van der Waals surface area contributed by atoms with Crippen LogP contribution in [0.25, 0.3) is 0 Å². The van der Waals surface area contributed by atoms with Crippen LogP contribution in [0.5, 0.6) is 0 Å². The second-order valence-electron chi connectivity index (χ2n) is 6.50. The Morgan fingerprint density at radius 1 is 1.39 bits per heavy atom. The van der Waals surface area contributed by atoms with Crippen molar-refractivity contribution < 1.29 is 0 Å². The number of rotatable bonds is 3. The van der Waals surface area contributed by atoms with E-state index in [9.17, 15) is 0 Å². The molecule has 1 aliphatic carbocycles. The lowest BCUT2D eigenvalue weighted by molar-refractivity contribution is 0.0240. The minimum Gasteiger partial charge on any atom is -0.370 e. The molecule has 2 aliphatic rings. The molecule has 0 amide bonds. The Kier molecular flexibility index (Phi) is 3.88. The fourth-order valence-corrected chi connectivity index (χ4v) is 4.14. The first kappa shape index (κ1) is 13.7. The molecule has 0 radical (unpaired) electrons. The van der Waals surface area contributed by atoms with Crippen molar-refractivity contribution in [3.05, 3.63) is 0 Å². The Bertz CT molecular complexity index is 324. The van der Waals surface area contributed by atoms with Crippen molar-refractivity contribution in [2.24, 2.45) is 22.6 Å². The fourth-order valence-electron chi connectivity index (χ4n) is 4.14. The van der Waals surface area contributed by atoms with Crippen molar-refractivity contribution >= 4 is 5.96 Å². The van der Waals surface area contributed by atoms with Crippen molar-refractivity contribution in [3.63, 3.8) is 0 Å². The van der Waals surface area contributed by atoms with Crippen LogP contribution in [0.15, 0.2) is 4.99 Å². The molecule has 1 fully saturated rings. The Morgan fingerprint density at radius 2 is 2.11 bits per heavy atom. The van der Waals surface area contributed by atoms with Crippen LogP contribution in [0.2, 0.25) is 0 Å². The second kappa shape index (κ2) is 5.10. The number of hydrogen-bond acceptors (Lipinski definition) is 3. The Hall–Kier alpha value is -0.730. The molecule has 2 rings (SSSR count). The SMILES string of the molecule is CCC(C)N1C(N)=NCC12CCCCC2C(C)C. The molecule has 0 aromatic heterocycles. The van der Waals surface area contributed by atoms with Crippen LogP contribution in [0.3, 0.4) is 0 Å². The zero-order valence-electron chi connectivity index (χ0n) is 12.4. The topological polar surface area (TPSA) is 41.6 Å². The van der Waals surface area contributed by atoms with E-state index in [0.29, 0.717) is 6.04 Å². The fraction of sp³-hybridized carbons (Fsp3) is 0.933. The highest BCUT2D eigenvalue weighted by Crippen LogP contribution is 2.45. The van der Waals surface area contributed by atoms with Gasteiger partial charge in [-0.15, -0.1) is 0 Å². The Morgan fingerprint density at radius 3 is 2.72 bits per heavy atom. The predicted molar refractivity (Wildman–Crippen MR) is 77.6 cm³/mol. The van der Waals surface area contributed by atoms with E-state index in [-0.39, 0.29) is 5.54 Å². The van der Waals surface area contributed by atoms with Gasteiger partial charge < -0.3 is 10.6 Å². The summed E-state index contributed by atoms with van der Waals surface area (Å²) in [4.78, 5) is 7.09. The third-order valence-electron chi connectivity index (χ3n) is 5.14. The van der Waals surface area contributed by atoms with E-state index in [0.717, 1.165) is 30.8 Å². The van der Waals surface area contributed by atoms with Gasteiger partial charge in [0.05, 0.1) is 12.1 Å². The highest BCUT2D eigenvalue weighted by atomic mass is 15.4. The quantitative estimate of drug-likeness (QED) is 0.838. The first-order valence-corrected chi connectivity index (χ1v) is 7.62. The molecule has 3 atom stereocenters. The lowest BCUT2D eigenvalue weighted by Crippen LogP contribution is -2.61. The summed E-state index contributed by atoms with van der Waals surface area (Å²) in [7, 11) is 0. The summed E-state index contributed by atoms with van der Waals surface area (Å²) in [6.45, 7) is 10.2. The molecule has 1 spiro atoms. The van der Waals surface area contributed by atoms with Gasteiger partial charge in [-0.25, -0.2) is 0 Å². The molecular formula is C15H29N3. The third kappa shape index (κ3) is 2.02. The van der Waals surface area contributed by atoms with E-state index in [1.807, 2.05) is 0 Å². The molecule has 1 saturated carbocycles. The maximum absolute atomic E-state index is 6.20. The normalized spacial score (nSPS) is 34.2. The minimum atomic E-state index is 0.228. The highest BCUT2D eigenvalue weighted by molar-refractivity contribution is 5.81. The van der Waals surface area contributed by atoms with Crippen LogP contribution in [-0.4, -0.2) is 29.0 Å². The summed E-state index contributed by atoms with van der Waals surface area (Å²) in [6.07, 6.45) is 6.46. The van der Waals surface area contributed by atoms with Crippen LogP contribution in [0.4, 0.5) is 0 Å². The molecule has 3 nitrogen and oxygen atoms in total. The molecule has 18 heavy (non-hydrogen) atoms. The van der Waals surface area contributed by atoms with Gasteiger partial charge in [0.2, 0.25) is 0 Å². The largest absolute Gasteiger partial charge is 0.370 e. The van der Waals surface area contributed by atoms with Crippen LogP contribution < -0.4 is 5.73 Å². The van der Waals surface area contributed by atoms with Crippen molar-refractivity contribution in [1.82, 2.24) is 4.90 Å². The van der Waals surface area contributed by atoms with E-state index >= 15 is 0 Å². The molecule has 0 aromatic carbocycles. The number of nitrogens with two attached hydrogens (primary N) is 1. The molecule has 0 bridgehead atoms. The van der Waals surface area contributed by atoms with E-state index < -0.39 is 0 Å². The van der Waals surface area contributed by atoms with E-state index in [1.165, 1.54) is 25.7 Å². The summed E-state index contributed by atoms with van der Waals surface area (Å²) in [5, 5.41) is 0. The standard InChI is InChI=1S/C15H29N3/c1-5-12(4)18-14(16)17-10-15(18)9-7-6-8-13(15)11(2)3/h11-13H,5-10H2,1-4H3,(H2,16,17). The smallest absolute Gasteiger partial charge is 0.192 e. The molecule has 3 unspecified atom stereocenters. The lowest BCUT2D eigenvalue weighted by Gasteiger charge is -2.51. The van der Waals surface area contributed by atoms with Gasteiger partial charge in [-0.2, -0.15) is 0 Å². The minimum absolute atomic E-state index is 0.228. The zero-order chi connectivity index (χ0) is 13.3. The molecule has 1 heterocycles. The molecule has 0 aromatic rings. The van der Waals surface area contributed by atoms with Crippen LogP contribution in [0.1, 0.15) is 59.8 Å². The number of aliphatic imine (C=N–C) groups is 1. The van der Waals surface area contributed by atoms with Crippen molar-refractivity contribution in [2.75, 3.05) is 6.54 Å². The van der Waals surface area contributed by atoms with Gasteiger partial charge in [-0.3, -0.25) is 4.99 Å². The molecule has 3 heteroatoms. The Labute approximate surface area is 112 Å². The van der Waals surface area contributed by atoms with Crippen LogP contribution in [-0.2, 0) is 0 Å². The van der Waals surface area contributed by atoms with Crippen molar-refractivity contribution in [3.8, 4) is 0 Å². The maximum atomic E-state index is 6.20. The lowest BCUT2D eigenvalue weighted by atomic mass is 9.67. The highest BCUT2D eigenvalue weighted by Gasteiger charge is 2.51. The van der Waals surface area contributed by atoms with Gasteiger partial charge in [0.15, 0.2) is 5.96 Å². The summed E-state index contributed by atoms with van der Waals surface area (Å²) in [6, 6.07) is 0.510. The molecule has 0 saturated heterocycles. The summed E-state index contributed by atoms with van der Waals surface area (Å²) >= 11 is 0. The zero-order valence-corrected chi connectivity index (χ0v) is 12.4. The predicted octanol–water partition coefficient (Wildman–Crippen LogP) is 3.00. The molecule has 104 valence electrons. The second-order valence-corrected chi connectivity index (χ2v) is 6.50. The van der Waals surface area contributed by atoms with Gasteiger partial charge in [0.1, 0.15) is 0 Å². The number of hydrogen-bond donors (Lipinski definition) is 1. The maximum Gasteiger partial charge on any atom is 0.192 e. The van der Waals surface area contributed by atoms with Crippen molar-refractivity contribution in [2.45, 2.75) is 71.4 Å². The monoisotopic (exact) mass is 251 g/mol. The summed E-state index contributed by atoms with van der Waals surface area (Å²) in [5.41, 5.74) is 6.43. The molecule has 2 N–H and O–H groups in total. The van der Waals surface area contributed by atoms with E-state index in [2.05, 4.69) is 37.6 Å².